The average Bonchev–Trinajstić information content (AvgIpc) is 2.69. The largest absolute Gasteiger partial charge is 0.353 e. The van der Waals surface area contributed by atoms with Crippen molar-refractivity contribution in [3.05, 3.63) is 42.5 Å². The summed E-state index contributed by atoms with van der Waals surface area (Å²) in [7, 11) is 0. The molecule has 0 bridgehead atoms. The summed E-state index contributed by atoms with van der Waals surface area (Å²) >= 11 is 5.16. The van der Waals surface area contributed by atoms with Crippen molar-refractivity contribution < 1.29 is 4.79 Å². The van der Waals surface area contributed by atoms with Crippen LogP contribution < -0.4 is 10.2 Å². The van der Waals surface area contributed by atoms with Crippen molar-refractivity contribution >= 4 is 39.7 Å². The normalized spacial score (nSPS) is 15.4. The molecule has 1 N–H and O–H groups in total. The molecule has 0 radical (unpaired) electrons. The Morgan fingerprint density at radius 3 is 2.65 bits per heavy atom. The van der Waals surface area contributed by atoms with Crippen LogP contribution in [-0.2, 0) is 4.79 Å². The van der Waals surface area contributed by atoms with Crippen molar-refractivity contribution in [2.45, 2.75) is 0 Å². The van der Waals surface area contributed by atoms with E-state index in [-0.39, 0.29) is 12.5 Å². The Morgan fingerprint density at radius 2 is 1.88 bits per heavy atom. The van der Waals surface area contributed by atoms with Gasteiger partial charge in [0.2, 0.25) is 0 Å². The molecule has 1 fully saturated rings. The predicted molar refractivity (Wildman–Crippen MR) is 72.0 cm³/mol. The zero-order valence-electron chi connectivity index (χ0n) is 9.01. The van der Waals surface area contributed by atoms with Gasteiger partial charge in [0.1, 0.15) is 0 Å². The second-order valence-corrected chi connectivity index (χ2v) is 4.27. The molecule has 1 aliphatic rings. The number of hydrogen-bond donors (Lipinski definition) is 1. The zero-order valence-corrected chi connectivity index (χ0v) is 9.83. The predicted octanol–water partition coefficient (Wildman–Crippen LogP) is 2.06. The van der Waals surface area contributed by atoms with Crippen molar-refractivity contribution in [3.8, 4) is 0 Å². The standard InChI is InChI=1S/C13H10N2OS/c16-12-8-14-13(17)15(12)11-7-3-5-9-4-1-2-6-10(9)11/h1-7H,8H2,(H,14,17). The molecule has 17 heavy (non-hydrogen) atoms. The van der Waals surface area contributed by atoms with E-state index in [1.807, 2.05) is 42.5 Å². The molecule has 3 rings (SSSR count). The number of nitrogens with one attached hydrogen (secondary N) is 1. The number of rotatable bonds is 1. The number of fused-ring (bicyclic) bond motifs is 1. The second-order valence-electron chi connectivity index (χ2n) is 3.89. The molecule has 2 aromatic carbocycles. The van der Waals surface area contributed by atoms with E-state index in [1.54, 1.807) is 4.90 Å². The fraction of sp³-hybridized carbons (Fsp3) is 0.0769. The van der Waals surface area contributed by atoms with Crippen molar-refractivity contribution in [2.24, 2.45) is 0 Å². The first-order valence-electron chi connectivity index (χ1n) is 5.36. The first kappa shape index (κ1) is 10.2. The lowest BCUT2D eigenvalue weighted by Gasteiger charge is -2.16. The molecule has 1 amide bonds. The second kappa shape index (κ2) is 3.82. The number of nitrogens with zero attached hydrogens (tertiary/aromatic N) is 1. The van der Waals surface area contributed by atoms with Crippen LogP contribution in [0.15, 0.2) is 42.5 Å². The highest BCUT2D eigenvalue weighted by atomic mass is 32.1. The van der Waals surface area contributed by atoms with Gasteiger partial charge in [-0.25, -0.2) is 0 Å². The fourth-order valence-electron chi connectivity index (χ4n) is 2.07. The van der Waals surface area contributed by atoms with Gasteiger partial charge in [-0.15, -0.1) is 0 Å². The minimum atomic E-state index is -0.00801. The Morgan fingerprint density at radius 1 is 1.12 bits per heavy atom. The topological polar surface area (TPSA) is 32.3 Å². The van der Waals surface area contributed by atoms with Crippen LogP contribution in [0.4, 0.5) is 5.69 Å². The Labute approximate surface area is 104 Å². The molecule has 0 saturated carbocycles. The van der Waals surface area contributed by atoms with Crippen LogP contribution in [-0.4, -0.2) is 17.6 Å². The minimum Gasteiger partial charge on any atom is -0.353 e. The Hall–Kier alpha value is -1.94. The number of hydrogen-bond acceptors (Lipinski definition) is 2. The Bertz CT molecular complexity index is 602. The number of anilines is 1. The highest BCUT2D eigenvalue weighted by molar-refractivity contribution is 7.80. The quantitative estimate of drug-likeness (QED) is 0.777. The third kappa shape index (κ3) is 1.57. The van der Waals surface area contributed by atoms with Crippen molar-refractivity contribution in [1.29, 1.82) is 0 Å². The number of carbonyl (C=O) groups is 1. The summed E-state index contributed by atoms with van der Waals surface area (Å²) in [5.74, 6) is -0.00801. The van der Waals surface area contributed by atoms with Crippen LogP contribution in [0.25, 0.3) is 10.8 Å². The molecular weight excluding hydrogens is 232 g/mol. The maximum absolute atomic E-state index is 11.8. The average molecular weight is 242 g/mol. The van der Waals surface area contributed by atoms with Gasteiger partial charge < -0.3 is 5.32 Å². The molecule has 1 aliphatic heterocycles. The molecule has 1 heterocycles. The summed E-state index contributed by atoms with van der Waals surface area (Å²) in [6.07, 6.45) is 0. The smallest absolute Gasteiger partial charge is 0.252 e. The molecule has 84 valence electrons. The highest BCUT2D eigenvalue weighted by Gasteiger charge is 2.27. The van der Waals surface area contributed by atoms with E-state index in [2.05, 4.69) is 5.32 Å². The summed E-state index contributed by atoms with van der Waals surface area (Å²) in [5.41, 5.74) is 0.850. The van der Waals surface area contributed by atoms with E-state index in [4.69, 9.17) is 12.2 Å². The van der Waals surface area contributed by atoms with Gasteiger partial charge in [0.15, 0.2) is 5.11 Å². The van der Waals surface area contributed by atoms with Gasteiger partial charge in [-0.1, -0.05) is 36.4 Å². The van der Waals surface area contributed by atoms with Crippen LogP contribution in [0.2, 0.25) is 0 Å². The Balaban J connectivity index is 2.23. The van der Waals surface area contributed by atoms with Gasteiger partial charge in [-0.05, 0) is 23.7 Å². The van der Waals surface area contributed by atoms with Gasteiger partial charge in [0.25, 0.3) is 5.91 Å². The Kier molecular flexibility index (Phi) is 2.30. The maximum atomic E-state index is 11.8. The molecule has 0 atom stereocenters. The molecule has 4 heteroatoms. The molecule has 0 aliphatic carbocycles. The monoisotopic (exact) mass is 242 g/mol. The maximum Gasteiger partial charge on any atom is 0.252 e. The number of amides is 1. The molecule has 0 aromatic heterocycles. The van der Waals surface area contributed by atoms with Gasteiger partial charge in [0, 0.05) is 5.39 Å². The number of benzene rings is 2. The molecule has 0 spiro atoms. The third-order valence-corrected chi connectivity index (χ3v) is 3.18. The van der Waals surface area contributed by atoms with Crippen LogP contribution in [0.5, 0.6) is 0 Å². The summed E-state index contributed by atoms with van der Waals surface area (Å²) < 4.78 is 0. The van der Waals surface area contributed by atoms with E-state index < -0.39 is 0 Å². The number of thiocarbonyl (C=S) groups is 1. The first-order valence-corrected chi connectivity index (χ1v) is 5.77. The van der Waals surface area contributed by atoms with E-state index in [0.717, 1.165) is 16.5 Å². The molecular formula is C13H10N2OS. The SMILES string of the molecule is O=C1CNC(=S)N1c1cccc2ccccc12. The highest BCUT2D eigenvalue weighted by Crippen LogP contribution is 2.27. The summed E-state index contributed by atoms with van der Waals surface area (Å²) in [6.45, 7) is 0.280. The lowest BCUT2D eigenvalue weighted by Crippen LogP contribution is -2.30. The third-order valence-electron chi connectivity index (χ3n) is 2.85. The fourth-order valence-corrected chi connectivity index (χ4v) is 2.34. The molecule has 3 nitrogen and oxygen atoms in total. The molecule has 1 saturated heterocycles. The minimum absolute atomic E-state index is 0.00801. The van der Waals surface area contributed by atoms with Crippen molar-refractivity contribution in [3.63, 3.8) is 0 Å². The summed E-state index contributed by atoms with van der Waals surface area (Å²) in [4.78, 5) is 13.4. The summed E-state index contributed by atoms with van der Waals surface area (Å²) in [6, 6.07) is 13.8. The zero-order chi connectivity index (χ0) is 11.8. The van der Waals surface area contributed by atoms with Gasteiger partial charge in [0.05, 0.1) is 12.2 Å². The number of carbonyl (C=O) groups excluding carboxylic acids is 1. The lowest BCUT2D eigenvalue weighted by atomic mass is 10.1. The molecule has 0 unspecified atom stereocenters. The van der Waals surface area contributed by atoms with Gasteiger partial charge in [-0.2, -0.15) is 0 Å². The van der Waals surface area contributed by atoms with Crippen molar-refractivity contribution in [1.82, 2.24) is 5.32 Å². The van der Waals surface area contributed by atoms with Gasteiger partial charge in [-0.3, -0.25) is 9.69 Å². The van der Waals surface area contributed by atoms with Crippen LogP contribution in [0.1, 0.15) is 0 Å². The van der Waals surface area contributed by atoms with E-state index in [1.165, 1.54) is 0 Å². The van der Waals surface area contributed by atoms with Gasteiger partial charge >= 0.3 is 0 Å². The van der Waals surface area contributed by atoms with Crippen LogP contribution >= 0.6 is 12.2 Å². The van der Waals surface area contributed by atoms with Crippen LogP contribution in [0.3, 0.4) is 0 Å². The van der Waals surface area contributed by atoms with Crippen LogP contribution in [0, 0.1) is 0 Å². The lowest BCUT2D eigenvalue weighted by molar-refractivity contribution is -0.115. The van der Waals surface area contributed by atoms with E-state index in [9.17, 15) is 4.79 Å². The van der Waals surface area contributed by atoms with E-state index in [0.29, 0.717) is 5.11 Å². The molecule has 2 aromatic rings. The first-order chi connectivity index (χ1) is 8.27. The summed E-state index contributed by atoms with van der Waals surface area (Å²) in [5, 5.41) is 5.51. The van der Waals surface area contributed by atoms with E-state index >= 15 is 0 Å². The van der Waals surface area contributed by atoms with Crippen molar-refractivity contribution in [2.75, 3.05) is 11.4 Å².